The number of H-pyrrole nitrogens is 1. The number of methoxy groups -OCH3 is 1. The molecule has 4 rings (SSSR count). The summed E-state index contributed by atoms with van der Waals surface area (Å²) in [6, 6.07) is 14.9. The van der Waals surface area contributed by atoms with Crippen LogP contribution < -0.4 is 15.6 Å². The lowest BCUT2D eigenvalue weighted by atomic mass is 9.81. The maximum absolute atomic E-state index is 12.8. The normalized spacial score (nSPS) is 15.4. The van der Waals surface area contributed by atoms with Gasteiger partial charge in [0.1, 0.15) is 17.1 Å². The van der Waals surface area contributed by atoms with Crippen LogP contribution in [-0.2, 0) is 6.42 Å². The number of carbonyl (C=O) groups is 2. The van der Waals surface area contributed by atoms with Gasteiger partial charge in [-0.15, -0.1) is 0 Å². The largest absolute Gasteiger partial charge is 0.508 e. The van der Waals surface area contributed by atoms with E-state index in [0.29, 0.717) is 29.8 Å². The first-order valence-electron chi connectivity index (χ1n) is 9.48. The van der Waals surface area contributed by atoms with E-state index in [0.717, 1.165) is 11.3 Å². The fraction of sp³-hybridized carbons (Fsp3) is 0.174. The van der Waals surface area contributed by atoms with Crippen LogP contribution in [-0.4, -0.2) is 28.9 Å². The molecule has 30 heavy (non-hydrogen) atoms. The lowest BCUT2D eigenvalue weighted by molar-refractivity contribution is 0.0963. The van der Waals surface area contributed by atoms with Crippen molar-refractivity contribution in [2.45, 2.75) is 18.8 Å². The summed E-state index contributed by atoms with van der Waals surface area (Å²) < 4.78 is 5.17. The summed E-state index contributed by atoms with van der Waals surface area (Å²) in [6.45, 7) is 0. The zero-order valence-corrected chi connectivity index (χ0v) is 16.3. The molecule has 1 amide bonds. The summed E-state index contributed by atoms with van der Waals surface area (Å²) >= 11 is 0. The van der Waals surface area contributed by atoms with Crippen molar-refractivity contribution in [3.63, 3.8) is 0 Å². The summed E-state index contributed by atoms with van der Waals surface area (Å²) in [4.78, 5) is 40.6. The predicted octanol–water partition coefficient (Wildman–Crippen LogP) is 3.25. The van der Waals surface area contributed by atoms with E-state index in [1.165, 1.54) is 18.2 Å². The van der Waals surface area contributed by atoms with E-state index >= 15 is 0 Å². The first-order chi connectivity index (χ1) is 14.4. The Morgan fingerprint density at radius 3 is 2.57 bits per heavy atom. The average Bonchev–Trinajstić information content (AvgIpc) is 2.73. The van der Waals surface area contributed by atoms with Gasteiger partial charge in [0, 0.05) is 29.4 Å². The molecule has 0 fully saturated rings. The molecule has 0 spiro atoms. The predicted molar refractivity (Wildman–Crippen MR) is 112 cm³/mol. The van der Waals surface area contributed by atoms with Gasteiger partial charge in [0.25, 0.3) is 11.5 Å². The topological polar surface area (TPSA) is 108 Å². The van der Waals surface area contributed by atoms with Gasteiger partial charge in [0.2, 0.25) is 0 Å². The van der Waals surface area contributed by atoms with Gasteiger partial charge < -0.3 is 20.1 Å². The molecule has 0 aliphatic heterocycles. The molecule has 7 heteroatoms. The second-order valence-electron chi connectivity index (χ2n) is 7.21. The number of aromatic hydroxyl groups is 1. The minimum absolute atomic E-state index is 0.00750. The summed E-state index contributed by atoms with van der Waals surface area (Å²) in [5, 5.41) is 12.1. The number of nitrogens with one attached hydrogen (secondary N) is 2. The SMILES string of the molecule is COc1ccc([C@H]2CC(=O)c3cc(C(=O)Nc4cccc(O)c4)c(=O)[nH]c3C2)cc1. The number of Topliss-reactive ketones (excluding diaryl/α,β-unsaturated/α-hetero) is 1. The molecule has 3 N–H and O–H groups in total. The minimum atomic E-state index is -0.644. The molecule has 1 aliphatic carbocycles. The van der Waals surface area contributed by atoms with Crippen molar-refractivity contribution >= 4 is 17.4 Å². The number of ether oxygens (including phenoxy) is 1. The smallest absolute Gasteiger partial charge is 0.261 e. The number of phenols is 1. The zero-order chi connectivity index (χ0) is 21.3. The van der Waals surface area contributed by atoms with Crippen LogP contribution in [0.15, 0.2) is 59.4 Å². The Bertz CT molecular complexity index is 1180. The second-order valence-corrected chi connectivity index (χ2v) is 7.21. The number of amides is 1. The third-order valence-electron chi connectivity index (χ3n) is 5.24. The second kappa shape index (κ2) is 7.87. The fourth-order valence-corrected chi connectivity index (χ4v) is 3.69. The van der Waals surface area contributed by atoms with Crippen LogP contribution >= 0.6 is 0 Å². The van der Waals surface area contributed by atoms with Crippen molar-refractivity contribution in [2.75, 3.05) is 12.4 Å². The Labute approximate surface area is 172 Å². The monoisotopic (exact) mass is 404 g/mol. The standard InChI is InChI=1S/C23H20N2O5/c1-30-17-7-5-13(6-8-17)14-9-20-18(21(27)10-14)12-19(23(29)25-20)22(28)24-15-3-2-4-16(26)11-15/h2-8,11-12,14,26H,9-10H2,1H3,(H,24,28)(H,25,29)/t14-/m1/s1. The third kappa shape index (κ3) is 3.82. The van der Waals surface area contributed by atoms with Crippen molar-refractivity contribution in [3.8, 4) is 11.5 Å². The highest BCUT2D eigenvalue weighted by Crippen LogP contribution is 2.32. The molecule has 0 bridgehead atoms. The van der Waals surface area contributed by atoms with Gasteiger partial charge in [0.05, 0.1) is 7.11 Å². The van der Waals surface area contributed by atoms with Gasteiger partial charge in [0.15, 0.2) is 5.78 Å². The molecule has 1 atom stereocenters. The number of pyridine rings is 1. The van der Waals surface area contributed by atoms with E-state index in [-0.39, 0.29) is 23.0 Å². The van der Waals surface area contributed by atoms with Gasteiger partial charge in [-0.25, -0.2) is 0 Å². The van der Waals surface area contributed by atoms with Crippen LogP contribution in [0.4, 0.5) is 5.69 Å². The molecule has 2 aromatic carbocycles. The Morgan fingerprint density at radius 2 is 1.87 bits per heavy atom. The average molecular weight is 404 g/mol. The maximum atomic E-state index is 12.8. The highest BCUT2D eigenvalue weighted by Gasteiger charge is 2.29. The molecular weight excluding hydrogens is 384 g/mol. The zero-order valence-electron chi connectivity index (χ0n) is 16.3. The quantitative estimate of drug-likeness (QED) is 0.619. The molecule has 0 saturated heterocycles. The molecule has 0 unspecified atom stereocenters. The number of benzene rings is 2. The van der Waals surface area contributed by atoms with Gasteiger partial charge in [-0.3, -0.25) is 14.4 Å². The van der Waals surface area contributed by atoms with Gasteiger partial charge in [-0.1, -0.05) is 18.2 Å². The van der Waals surface area contributed by atoms with E-state index in [2.05, 4.69) is 10.3 Å². The number of carbonyl (C=O) groups excluding carboxylic acids is 2. The summed E-state index contributed by atoms with van der Waals surface area (Å²) in [5.41, 5.74) is 1.53. The van der Waals surface area contributed by atoms with Crippen molar-refractivity contribution < 1.29 is 19.4 Å². The molecule has 1 aliphatic rings. The number of aromatic amines is 1. The Hall–Kier alpha value is -3.87. The van der Waals surface area contributed by atoms with Gasteiger partial charge in [-0.05, 0) is 48.2 Å². The van der Waals surface area contributed by atoms with E-state index in [1.807, 2.05) is 24.3 Å². The number of anilines is 1. The van der Waals surface area contributed by atoms with Crippen LogP contribution in [0.5, 0.6) is 11.5 Å². The number of aromatic nitrogens is 1. The number of ketones is 1. The van der Waals surface area contributed by atoms with Gasteiger partial charge >= 0.3 is 0 Å². The summed E-state index contributed by atoms with van der Waals surface area (Å²) in [6.07, 6.45) is 0.788. The summed E-state index contributed by atoms with van der Waals surface area (Å²) in [7, 11) is 1.59. The number of fused-ring (bicyclic) bond motifs is 1. The number of rotatable bonds is 4. The minimum Gasteiger partial charge on any atom is -0.508 e. The lowest BCUT2D eigenvalue weighted by Gasteiger charge is -2.24. The Kier molecular flexibility index (Phi) is 5.10. The first kappa shape index (κ1) is 19.4. The van der Waals surface area contributed by atoms with E-state index in [1.54, 1.807) is 19.2 Å². The lowest BCUT2D eigenvalue weighted by Crippen LogP contribution is -2.29. The molecular formula is C23H20N2O5. The van der Waals surface area contributed by atoms with E-state index in [9.17, 15) is 19.5 Å². The molecule has 7 nitrogen and oxygen atoms in total. The number of phenolic OH excluding ortho intramolecular Hbond substituents is 1. The molecule has 152 valence electrons. The van der Waals surface area contributed by atoms with Crippen LogP contribution in [0.2, 0.25) is 0 Å². The van der Waals surface area contributed by atoms with E-state index in [4.69, 9.17) is 4.74 Å². The van der Waals surface area contributed by atoms with Crippen molar-refractivity contribution in [1.29, 1.82) is 0 Å². The van der Waals surface area contributed by atoms with Crippen LogP contribution in [0, 0.1) is 0 Å². The Balaban J connectivity index is 1.60. The number of hydrogen-bond acceptors (Lipinski definition) is 5. The van der Waals surface area contributed by atoms with Crippen molar-refractivity contribution in [2.24, 2.45) is 0 Å². The molecule has 0 radical (unpaired) electrons. The molecule has 3 aromatic rings. The molecule has 1 aromatic heterocycles. The highest BCUT2D eigenvalue weighted by atomic mass is 16.5. The van der Waals surface area contributed by atoms with Crippen LogP contribution in [0.1, 0.15) is 44.3 Å². The van der Waals surface area contributed by atoms with Crippen molar-refractivity contribution in [1.82, 2.24) is 4.98 Å². The van der Waals surface area contributed by atoms with Crippen LogP contribution in [0.25, 0.3) is 0 Å². The Morgan fingerprint density at radius 1 is 1.10 bits per heavy atom. The van der Waals surface area contributed by atoms with Gasteiger partial charge in [-0.2, -0.15) is 0 Å². The maximum Gasteiger partial charge on any atom is 0.261 e. The molecule has 1 heterocycles. The first-order valence-corrected chi connectivity index (χ1v) is 9.48. The number of hydrogen-bond donors (Lipinski definition) is 3. The van der Waals surface area contributed by atoms with Crippen molar-refractivity contribution in [3.05, 3.63) is 87.3 Å². The van der Waals surface area contributed by atoms with Crippen LogP contribution in [0.3, 0.4) is 0 Å². The molecule has 0 saturated carbocycles. The fourth-order valence-electron chi connectivity index (χ4n) is 3.69. The third-order valence-corrected chi connectivity index (χ3v) is 5.24. The highest BCUT2D eigenvalue weighted by molar-refractivity contribution is 6.06. The van der Waals surface area contributed by atoms with E-state index < -0.39 is 11.5 Å². The summed E-state index contributed by atoms with van der Waals surface area (Å²) in [5.74, 6) is -0.100.